The highest BCUT2D eigenvalue weighted by molar-refractivity contribution is 5.57. The Balaban J connectivity index is 2.35. The Morgan fingerprint density at radius 2 is 2.09 bits per heavy atom. The first-order valence-corrected chi connectivity index (χ1v) is 8.90. The van der Waals surface area contributed by atoms with Crippen molar-refractivity contribution in [1.29, 1.82) is 0 Å². The lowest BCUT2D eigenvalue weighted by atomic mass is 9.70. The van der Waals surface area contributed by atoms with Crippen LogP contribution in [-0.2, 0) is 0 Å². The molecule has 0 saturated carbocycles. The van der Waals surface area contributed by atoms with Crippen molar-refractivity contribution in [2.45, 2.75) is 72.1 Å². The summed E-state index contributed by atoms with van der Waals surface area (Å²) in [6.07, 6.45) is 7.11. The maximum absolute atomic E-state index is 10.4. The minimum atomic E-state index is 0.316. The van der Waals surface area contributed by atoms with Gasteiger partial charge in [0.25, 0.3) is 0 Å². The van der Waals surface area contributed by atoms with Crippen molar-refractivity contribution in [3.8, 4) is 11.5 Å². The lowest BCUT2D eigenvalue weighted by molar-refractivity contribution is 0.338. The summed E-state index contributed by atoms with van der Waals surface area (Å²) >= 11 is 0. The largest absolute Gasteiger partial charge is 0.504 e. The first-order chi connectivity index (χ1) is 10.9. The van der Waals surface area contributed by atoms with Crippen molar-refractivity contribution in [2.24, 2.45) is 5.92 Å². The molecule has 0 bridgehead atoms. The van der Waals surface area contributed by atoms with Crippen LogP contribution in [0.5, 0.6) is 11.5 Å². The molecule has 2 heteroatoms. The smallest absolute Gasteiger partial charge is 0.164 e. The van der Waals surface area contributed by atoms with Gasteiger partial charge in [-0.3, -0.25) is 0 Å². The second-order valence-electron chi connectivity index (χ2n) is 7.50. The minimum absolute atomic E-state index is 0.316. The van der Waals surface area contributed by atoms with Crippen molar-refractivity contribution < 1.29 is 9.84 Å². The van der Waals surface area contributed by atoms with E-state index in [2.05, 4.69) is 39.8 Å². The molecule has 0 saturated heterocycles. The SMILES string of the molecule is COc1c(O)c(C)cc2c1[C@@H](C)CC[C@@H]2[C@@H](C)CCC=C(C)C. The maximum atomic E-state index is 10.4. The Kier molecular flexibility index (Phi) is 5.78. The Morgan fingerprint density at radius 3 is 2.70 bits per heavy atom. The predicted octanol–water partition coefficient (Wildman–Crippen LogP) is 6.07. The van der Waals surface area contributed by atoms with Crippen LogP contribution in [0.3, 0.4) is 0 Å². The summed E-state index contributed by atoms with van der Waals surface area (Å²) in [4.78, 5) is 0. The van der Waals surface area contributed by atoms with Crippen molar-refractivity contribution in [3.05, 3.63) is 34.4 Å². The van der Waals surface area contributed by atoms with E-state index in [4.69, 9.17) is 4.74 Å². The molecule has 1 N–H and O–H groups in total. The van der Waals surface area contributed by atoms with E-state index < -0.39 is 0 Å². The third-order valence-corrected chi connectivity index (χ3v) is 5.38. The van der Waals surface area contributed by atoms with E-state index in [9.17, 15) is 5.11 Å². The average molecular weight is 316 g/mol. The fourth-order valence-electron chi connectivity index (χ4n) is 4.00. The molecule has 23 heavy (non-hydrogen) atoms. The molecule has 0 aromatic heterocycles. The van der Waals surface area contributed by atoms with Crippen molar-refractivity contribution >= 4 is 0 Å². The summed E-state index contributed by atoms with van der Waals surface area (Å²) in [5.74, 6) is 2.68. The summed E-state index contributed by atoms with van der Waals surface area (Å²) in [7, 11) is 1.67. The molecule has 0 fully saturated rings. The molecule has 2 nitrogen and oxygen atoms in total. The topological polar surface area (TPSA) is 29.5 Å². The van der Waals surface area contributed by atoms with Crippen LogP contribution >= 0.6 is 0 Å². The quantitative estimate of drug-likeness (QED) is 0.668. The zero-order valence-electron chi connectivity index (χ0n) is 15.6. The molecule has 0 heterocycles. The molecule has 1 aromatic rings. The van der Waals surface area contributed by atoms with E-state index in [0.717, 1.165) is 12.0 Å². The molecule has 1 aliphatic carbocycles. The Hall–Kier alpha value is -1.44. The summed E-state index contributed by atoms with van der Waals surface area (Å²) in [5.41, 5.74) is 4.97. The second-order valence-corrected chi connectivity index (χ2v) is 7.50. The normalized spacial score (nSPS) is 21.5. The van der Waals surface area contributed by atoms with Gasteiger partial charge in [0.1, 0.15) is 0 Å². The van der Waals surface area contributed by atoms with Gasteiger partial charge in [0, 0.05) is 5.56 Å². The van der Waals surface area contributed by atoms with Crippen LogP contribution in [0.15, 0.2) is 17.7 Å². The number of hydrogen-bond acceptors (Lipinski definition) is 2. The lowest BCUT2D eigenvalue weighted by Gasteiger charge is -2.35. The van der Waals surface area contributed by atoms with Gasteiger partial charge in [0.15, 0.2) is 11.5 Å². The number of hydrogen-bond donors (Lipinski definition) is 1. The fraction of sp³-hybridized carbons (Fsp3) is 0.619. The van der Waals surface area contributed by atoms with Crippen LogP contribution in [0.4, 0.5) is 0 Å². The summed E-state index contributed by atoms with van der Waals surface area (Å²) in [6.45, 7) is 10.9. The molecule has 128 valence electrons. The molecule has 0 spiro atoms. The molecule has 0 radical (unpaired) electrons. The van der Waals surface area contributed by atoms with Crippen LogP contribution in [0.25, 0.3) is 0 Å². The average Bonchev–Trinajstić information content (AvgIpc) is 2.49. The molecule has 3 atom stereocenters. The van der Waals surface area contributed by atoms with E-state index in [1.165, 1.54) is 36.0 Å². The molecule has 0 unspecified atom stereocenters. The number of allylic oxidation sites excluding steroid dienone is 2. The molecule has 0 aliphatic heterocycles. The fourth-order valence-corrected chi connectivity index (χ4v) is 4.00. The number of rotatable bonds is 5. The highest BCUT2D eigenvalue weighted by atomic mass is 16.5. The van der Waals surface area contributed by atoms with Gasteiger partial charge in [-0.05, 0) is 75.3 Å². The van der Waals surface area contributed by atoms with E-state index in [0.29, 0.717) is 29.3 Å². The minimum Gasteiger partial charge on any atom is -0.504 e. The van der Waals surface area contributed by atoms with Crippen LogP contribution in [0.2, 0.25) is 0 Å². The van der Waals surface area contributed by atoms with Gasteiger partial charge in [-0.15, -0.1) is 0 Å². The standard InChI is InChI=1S/C21H32O2/c1-13(2)8-7-9-14(3)17-11-10-15(4)19-18(17)12-16(5)20(22)21(19)23-6/h8,12,14-15,17,22H,7,9-11H2,1-6H3/t14-,15-,17+/m0/s1. The van der Waals surface area contributed by atoms with E-state index in [1.807, 2.05) is 6.92 Å². The molecular formula is C21H32O2. The zero-order valence-corrected chi connectivity index (χ0v) is 15.6. The molecule has 1 aliphatic rings. The van der Waals surface area contributed by atoms with Crippen LogP contribution in [0.1, 0.15) is 81.9 Å². The van der Waals surface area contributed by atoms with Crippen molar-refractivity contribution in [1.82, 2.24) is 0 Å². The Bertz CT molecular complexity index is 582. The van der Waals surface area contributed by atoms with Gasteiger partial charge in [0.05, 0.1) is 7.11 Å². The first-order valence-electron chi connectivity index (χ1n) is 8.90. The lowest BCUT2D eigenvalue weighted by Crippen LogP contribution is -2.20. The number of benzene rings is 1. The molecule has 1 aromatic carbocycles. The van der Waals surface area contributed by atoms with Gasteiger partial charge in [-0.2, -0.15) is 0 Å². The number of phenolic OH excluding ortho intramolecular Hbond substituents is 1. The summed E-state index contributed by atoms with van der Waals surface area (Å²) < 4.78 is 5.58. The molecular weight excluding hydrogens is 284 g/mol. The highest BCUT2D eigenvalue weighted by Crippen LogP contribution is 2.50. The van der Waals surface area contributed by atoms with E-state index in [-0.39, 0.29) is 0 Å². The van der Waals surface area contributed by atoms with Gasteiger partial charge in [0.2, 0.25) is 0 Å². The van der Waals surface area contributed by atoms with E-state index >= 15 is 0 Å². The Morgan fingerprint density at radius 1 is 1.39 bits per heavy atom. The van der Waals surface area contributed by atoms with Crippen LogP contribution in [-0.4, -0.2) is 12.2 Å². The maximum Gasteiger partial charge on any atom is 0.164 e. The van der Waals surface area contributed by atoms with Gasteiger partial charge >= 0.3 is 0 Å². The van der Waals surface area contributed by atoms with Gasteiger partial charge in [-0.25, -0.2) is 0 Å². The number of aryl methyl sites for hydroxylation is 1. The Labute approximate surface area is 141 Å². The zero-order chi connectivity index (χ0) is 17.1. The first kappa shape index (κ1) is 17.9. The van der Waals surface area contributed by atoms with Gasteiger partial charge < -0.3 is 9.84 Å². The third-order valence-electron chi connectivity index (χ3n) is 5.38. The number of fused-ring (bicyclic) bond motifs is 1. The van der Waals surface area contributed by atoms with E-state index in [1.54, 1.807) is 7.11 Å². The van der Waals surface area contributed by atoms with Crippen LogP contribution < -0.4 is 4.74 Å². The third kappa shape index (κ3) is 3.73. The number of ether oxygens (including phenoxy) is 1. The van der Waals surface area contributed by atoms with Crippen molar-refractivity contribution in [2.75, 3.05) is 7.11 Å². The molecule has 0 amide bonds. The number of methoxy groups -OCH3 is 1. The number of aromatic hydroxyl groups is 1. The van der Waals surface area contributed by atoms with Crippen molar-refractivity contribution in [3.63, 3.8) is 0 Å². The highest BCUT2D eigenvalue weighted by Gasteiger charge is 2.32. The van der Waals surface area contributed by atoms with Gasteiger partial charge in [-0.1, -0.05) is 31.6 Å². The second kappa shape index (κ2) is 7.42. The summed E-state index contributed by atoms with van der Waals surface area (Å²) in [5, 5.41) is 10.4. The van der Waals surface area contributed by atoms with Crippen LogP contribution in [0, 0.1) is 12.8 Å². The summed E-state index contributed by atoms with van der Waals surface area (Å²) in [6, 6.07) is 2.20. The number of phenols is 1. The molecule has 2 rings (SSSR count). The predicted molar refractivity (Wildman–Crippen MR) is 97.6 cm³/mol. The monoisotopic (exact) mass is 316 g/mol.